The van der Waals surface area contributed by atoms with Crippen LogP contribution >= 0.6 is 0 Å². The molecule has 0 bridgehead atoms. The first-order chi connectivity index (χ1) is 13.6. The van der Waals surface area contributed by atoms with E-state index in [-0.39, 0.29) is 5.09 Å². The normalized spacial score (nSPS) is 23.3. The van der Waals surface area contributed by atoms with Gasteiger partial charge in [0.2, 0.25) is 11.0 Å². The third-order valence-electron chi connectivity index (χ3n) is 6.15. The van der Waals surface area contributed by atoms with Crippen LogP contribution in [0.4, 0.5) is 0 Å². The van der Waals surface area contributed by atoms with Gasteiger partial charge in [-0.15, -0.1) is 10.2 Å². The molecule has 0 radical (unpaired) electrons. The summed E-state index contributed by atoms with van der Waals surface area (Å²) >= 11 is 0. The van der Waals surface area contributed by atoms with Crippen LogP contribution in [0.15, 0.2) is 26.3 Å². The molecule has 0 spiro atoms. The topological polar surface area (TPSA) is 92.7 Å². The lowest BCUT2D eigenvalue weighted by Crippen LogP contribution is -2.52. The Kier molecular flexibility index (Phi) is 4.76. The van der Waals surface area contributed by atoms with Crippen molar-refractivity contribution in [3.05, 3.63) is 18.2 Å². The second-order valence-electron chi connectivity index (χ2n) is 8.11. The molecule has 3 aliphatic rings. The molecule has 0 atom stereocenters. The summed E-state index contributed by atoms with van der Waals surface area (Å²) in [6.07, 6.45) is 9.90. The zero-order valence-electron chi connectivity index (χ0n) is 15.9. The fourth-order valence-corrected chi connectivity index (χ4v) is 5.64. The number of piperazine rings is 1. The van der Waals surface area contributed by atoms with E-state index in [9.17, 15) is 8.42 Å². The van der Waals surface area contributed by atoms with E-state index in [1.54, 1.807) is 0 Å². The van der Waals surface area contributed by atoms with Crippen LogP contribution in [-0.2, 0) is 10.0 Å². The highest BCUT2D eigenvalue weighted by atomic mass is 32.2. The maximum absolute atomic E-state index is 13.0. The van der Waals surface area contributed by atoms with Gasteiger partial charge < -0.3 is 8.83 Å². The van der Waals surface area contributed by atoms with Crippen molar-refractivity contribution in [3.8, 4) is 11.5 Å². The second kappa shape index (κ2) is 7.27. The summed E-state index contributed by atoms with van der Waals surface area (Å²) in [6.45, 7) is 2.57. The number of nitrogens with zero attached hydrogens (tertiary/aromatic N) is 4. The van der Waals surface area contributed by atoms with Gasteiger partial charge in [-0.1, -0.05) is 19.3 Å². The Morgan fingerprint density at radius 2 is 1.71 bits per heavy atom. The molecule has 28 heavy (non-hydrogen) atoms. The van der Waals surface area contributed by atoms with Gasteiger partial charge in [0.1, 0.15) is 6.26 Å². The lowest BCUT2D eigenvalue weighted by molar-refractivity contribution is 0.110. The largest absolute Gasteiger partial charge is 0.451 e. The van der Waals surface area contributed by atoms with Gasteiger partial charge in [-0.25, -0.2) is 8.42 Å². The Balaban J connectivity index is 1.26. The molecule has 8 nitrogen and oxygen atoms in total. The van der Waals surface area contributed by atoms with Gasteiger partial charge in [0.25, 0.3) is 15.9 Å². The fourth-order valence-electron chi connectivity index (χ4n) is 4.29. The van der Waals surface area contributed by atoms with Crippen LogP contribution in [0.25, 0.3) is 11.5 Å². The number of hydrogen-bond acceptors (Lipinski definition) is 7. The molecule has 1 saturated heterocycles. The number of furan rings is 1. The zero-order chi connectivity index (χ0) is 19.1. The molecule has 9 heteroatoms. The van der Waals surface area contributed by atoms with Gasteiger partial charge in [0.05, 0.1) is 5.56 Å². The summed E-state index contributed by atoms with van der Waals surface area (Å²) in [5.41, 5.74) is 0.513. The van der Waals surface area contributed by atoms with E-state index in [4.69, 9.17) is 8.83 Å². The second-order valence-corrected chi connectivity index (χ2v) is 9.97. The quantitative estimate of drug-likeness (QED) is 0.754. The SMILES string of the molecule is O=S(=O)(c1cc(-c2nnc(C3CC3)o2)co1)N1CCN(C2CCCCC2)CC1. The Labute approximate surface area is 164 Å². The Hall–Kier alpha value is -1.71. The van der Waals surface area contributed by atoms with E-state index >= 15 is 0 Å². The van der Waals surface area contributed by atoms with E-state index in [2.05, 4.69) is 15.1 Å². The summed E-state index contributed by atoms with van der Waals surface area (Å²) in [4.78, 5) is 2.45. The summed E-state index contributed by atoms with van der Waals surface area (Å²) in [5.74, 6) is 1.30. The van der Waals surface area contributed by atoms with Crippen LogP contribution in [0.1, 0.15) is 56.8 Å². The van der Waals surface area contributed by atoms with Gasteiger partial charge in [-0.05, 0) is 25.7 Å². The van der Waals surface area contributed by atoms with Crippen LogP contribution in [0.3, 0.4) is 0 Å². The Morgan fingerprint density at radius 1 is 0.964 bits per heavy atom. The minimum absolute atomic E-state index is 0.0558. The first kappa shape index (κ1) is 18.3. The highest BCUT2D eigenvalue weighted by Crippen LogP contribution is 2.40. The van der Waals surface area contributed by atoms with Gasteiger partial charge in [-0.3, -0.25) is 4.90 Å². The maximum Gasteiger partial charge on any atom is 0.276 e. The molecule has 3 heterocycles. The van der Waals surface area contributed by atoms with E-state index in [0.29, 0.717) is 42.4 Å². The van der Waals surface area contributed by atoms with Crippen molar-refractivity contribution in [1.29, 1.82) is 0 Å². The van der Waals surface area contributed by atoms with Gasteiger partial charge in [0.15, 0.2) is 0 Å². The summed E-state index contributed by atoms with van der Waals surface area (Å²) in [6, 6.07) is 2.11. The minimum atomic E-state index is -3.65. The standard InChI is InChI=1S/C19H26N4O4S/c24-28(25,23-10-8-22(9-11-23)16-4-2-1-3-5-16)17-12-15(13-26-17)19-21-20-18(27-19)14-6-7-14/h12-14,16H,1-11H2. The highest BCUT2D eigenvalue weighted by molar-refractivity contribution is 7.89. The first-order valence-electron chi connectivity index (χ1n) is 10.3. The van der Waals surface area contributed by atoms with Crippen molar-refractivity contribution in [1.82, 2.24) is 19.4 Å². The van der Waals surface area contributed by atoms with Crippen LogP contribution < -0.4 is 0 Å². The molecular formula is C19H26N4O4S. The van der Waals surface area contributed by atoms with Crippen LogP contribution in [0, 0.1) is 0 Å². The van der Waals surface area contributed by atoms with Gasteiger partial charge >= 0.3 is 0 Å². The molecule has 0 N–H and O–H groups in total. The summed E-state index contributed by atoms with van der Waals surface area (Å²) in [7, 11) is -3.65. The molecule has 2 aromatic rings. The van der Waals surface area contributed by atoms with Gasteiger partial charge in [0, 0.05) is 44.2 Å². The molecule has 1 aliphatic heterocycles. The van der Waals surface area contributed by atoms with Crippen molar-refractivity contribution < 1.29 is 17.3 Å². The Morgan fingerprint density at radius 3 is 2.43 bits per heavy atom. The van der Waals surface area contributed by atoms with Crippen LogP contribution in [-0.4, -0.2) is 60.0 Å². The third-order valence-corrected chi connectivity index (χ3v) is 7.92. The summed E-state index contributed by atoms with van der Waals surface area (Å²) < 4.78 is 38.5. The van der Waals surface area contributed by atoms with Crippen molar-refractivity contribution in [2.75, 3.05) is 26.2 Å². The van der Waals surface area contributed by atoms with E-state index in [1.165, 1.54) is 48.7 Å². The predicted octanol–water partition coefficient (Wildman–Crippen LogP) is 2.85. The fraction of sp³-hybridized carbons (Fsp3) is 0.684. The van der Waals surface area contributed by atoms with Crippen molar-refractivity contribution in [3.63, 3.8) is 0 Å². The molecule has 2 aromatic heterocycles. The molecule has 0 amide bonds. The molecule has 3 fully saturated rings. The maximum atomic E-state index is 13.0. The highest BCUT2D eigenvalue weighted by Gasteiger charge is 2.34. The molecule has 152 valence electrons. The minimum Gasteiger partial charge on any atom is -0.451 e. The lowest BCUT2D eigenvalue weighted by Gasteiger charge is -2.39. The number of hydrogen-bond donors (Lipinski definition) is 0. The van der Waals surface area contributed by atoms with Crippen molar-refractivity contribution in [2.24, 2.45) is 0 Å². The third kappa shape index (κ3) is 3.51. The monoisotopic (exact) mass is 406 g/mol. The van der Waals surface area contributed by atoms with Crippen LogP contribution in [0.5, 0.6) is 0 Å². The molecule has 0 unspecified atom stereocenters. The molecule has 2 saturated carbocycles. The number of sulfonamides is 1. The molecule has 5 rings (SSSR count). The van der Waals surface area contributed by atoms with Gasteiger partial charge in [-0.2, -0.15) is 4.31 Å². The summed E-state index contributed by atoms with van der Waals surface area (Å²) in [5, 5.41) is 8.01. The van der Waals surface area contributed by atoms with E-state index in [0.717, 1.165) is 25.9 Å². The van der Waals surface area contributed by atoms with E-state index < -0.39 is 10.0 Å². The van der Waals surface area contributed by atoms with Crippen LogP contribution in [0.2, 0.25) is 0 Å². The molecular weight excluding hydrogens is 380 g/mol. The van der Waals surface area contributed by atoms with Crippen molar-refractivity contribution >= 4 is 10.0 Å². The lowest BCUT2D eigenvalue weighted by atomic mass is 9.94. The first-order valence-corrected chi connectivity index (χ1v) is 11.7. The zero-order valence-corrected chi connectivity index (χ0v) is 16.7. The molecule has 0 aromatic carbocycles. The average molecular weight is 407 g/mol. The Bertz CT molecular complexity index is 919. The number of aromatic nitrogens is 2. The van der Waals surface area contributed by atoms with Crippen molar-refractivity contribution in [2.45, 2.75) is 62.0 Å². The van der Waals surface area contributed by atoms with E-state index in [1.807, 2.05) is 0 Å². The predicted molar refractivity (Wildman–Crippen MR) is 101 cm³/mol. The number of rotatable bonds is 5. The smallest absolute Gasteiger partial charge is 0.276 e. The average Bonchev–Trinajstić information content (AvgIpc) is 3.25. The molecule has 2 aliphatic carbocycles.